The van der Waals surface area contributed by atoms with Crippen molar-refractivity contribution in [1.82, 2.24) is 5.32 Å². The number of methoxy groups -OCH3 is 1. The zero-order chi connectivity index (χ0) is 25.1. The molecule has 0 aromatic heterocycles. The number of halogens is 2. The fourth-order valence-corrected chi connectivity index (χ4v) is 4.23. The number of benzene rings is 3. The number of urea groups is 1. The maximum Gasteiger partial charge on any atom is 0.335 e. The van der Waals surface area contributed by atoms with E-state index in [1.165, 1.54) is 25.3 Å². The van der Waals surface area contributed by atoms with E-state index in [0.29, 0.717) is 33.2 Å². The molecule has 1 aliphatic heterocycles. The molecule has 1 fully saturated rings. The Labute approximate surface area is 215 Å². The lowest BCUT2D eigenvalue weighted by Gasteiger charge is -2.26. The van der Waals surface area contributed by atoms with Crippen LogP contribution in [-0.2, 0) is 16.2 Å². The van der Waals surface area contributed by atoms with Crippen LogP contribution in [0.25, 0.3) is 6.08 Å². The highest BCUT2D eigenvalue weighted by molar-refractivity contribution is 9.10. The average molecular weight is 556 g/mol. The van der Waals surface area contributed by atoms with E-state index in [4.69, 9.17) is 21.1 Å². The number of imide groups is 2. The number of anilines is 1. The Kier molecular flexibility index (Phi) is 7.23. The van der Waals surface area contributed by atoms with Crippen molar-refractivity contribution in [2.24, 2.45) is 0 Å². The molecular formula is C26H20BrClN2O5. The number of barbiturate groups is 1. The van der Waals surface area contributed by atoms with E-state index in [9.17, 15) is 14.4 Å². The lowest BCUT2D eigenvalue weighted by Crippen LogP contribution is -2.54. The molecule has 1 aliphatic rings. The van der Waals surface area contributed by atoms with Crippen LogP contribution in [0, 0.1) is 6.92 Å². The van der Waals surface area contributed by atoms with Crippen LogP contribution in [0.1, 0.15) is 16.7 Å². The Hall–Kier alpha value is -3.62. The highest BCUT2D eigenvalue weighted by atomic mass is 79.9. The van der Waals surface area contributed by atoms with Crippen molar-refractivity contribution < 1.29 is 23.9 Å². The Morgan fingerprint density at radius 1 is 1.06 bits per heavy atom. The SMILES string of the molecule is COc1cc(C=C2C(=O)NC(=O)N(c3ccc(Cl)cc3)C2=O)cc(Br)c1OCc1ccccc1C. The molecule has 0 unspecified atom stereocenters. The molecule has 0 atom stereocenters. The lowest BCUT2D eigenvalue weighted by molar-refractivity contribution is -0.122. The molecule has 3 aromatic rings. The van der Waals surface area contributed by atoms with E-state index in [1.54, 1.807) is 24.3 Å². The summed E-state index contributed by atoms with van der Waals surface area (Å²) in [5.74, 6) is -0.652. The first-order valence-electron chi connectivity index (χ1n) is 10.5. The molecule has 0 spiro atoms. The number of aryl methyl sites for hydroxylation is 1. The van der Waals surface area contributed by atoms with Gasteiger partial charge in [-0.15, -0.1) is 0 Å². The number of hydrogen-bond acceptors (Lipinski definition) is 5. The van der Waals surface area contributed by atoms with Gasteiger partial charge in [0.2, 0.25) is 0 Å². The number of hydrogen-bond donors (Lipinski definition) is 1. The smallest absolute Gasteiger partial charge is 0.335 e. The highest BCUT2D eigenvalue weighted by Gasteiger charge is 2.36. The molecule has 9 heteroatoms. The van der Waals surface area contributed by atoms with Gasteiger partial charge in [0.1, 0.15) is 12.2 Å². The van der Waals surface area contributed by atoms with Gasteiger partial charge in [-0.1, -0.05) is 35.9 Å². The van der Waals surface area contributed by atoms with Gasteiger partial charge in [0.05, 0.1) is 17.3 Å². The molecule has 1 saturated heterocycles. The van der Waals surface area contributed by atoms with Crippen LogP contribution in [0.4, 0.5) is 10.5 Å². The third kappa shape index (κ3) is 5.23. The van der Waals surface area contributed by atoms with Crippen LogP contribution in [0.3, 0.4) is 0 Å². The van der Waals surface area contributed by atoms with Gasteiger partial charge >= 0.3 is 6.03 Å². The van der Waals surface area contributed by atoms with E-state index in [2.05, 4.69) is 21.2 Å². The fraction of sp³-hybridized carbons (Fsp3) is 0.115. The summed E-state index contributed by atoms with van der Waals surface area (Å²) in [6, 6.07) is 16.5. The molecule has 1 N–H and O–H groups in total. The van der Waals surface area contributed by atoms with Crippen LogP contribution in [0.2, 0.25) is 5.02 Å². The van der Waals surface area contributed by atoms with Gasteiger partial charge in [0.25, 0.3) is 11.8 Å². The number of carbonyl (C=O) groups is 3. The van der Waals surface area contributed by atoms with E-state index in [0.717, 1.165) is 16.0 Å². The molecule has 0 saturated carbocycles. The van der Waals surface area contributed by atoms with E-state index in [-0.39, 0.29) is 11.3 Å². The van der Waals surface area contributed by atoms with Crippen molar-refractivity contribution in [3.8, 4) is 11.5 Å². The van der Waals surface area contributed by atoms with Gasteiger partial charge in [-0.25, -0.2) is 9.69 Å². The first kappa shape index (κ1) is 24.5. The maximum atomic E-state index is 13.1. The summed E-state index contributed by atoms with van der Waals surface area (Å²) in [6.07, 6.45) is 1.39. The van der Waals surface area contributed by atoms with Crippen LogP contribution in [0.15, 0.2) is 70.7 Å². The third-order valence-corrected chi connectivity index (χ3v) is 6.22. The normalized spacial score (nSPS) is 14.8. The first-order valence-corrected chi connectivity index (χ1v) is 11.7. The molecule has 3 aromatic carbocycles. The number of ether oxygens (including phenoxy) is 2. The molecule has 4 rings (SSSR count). The molecule has 178 valence electrons. The molecule has 0 aliphatic carbocycles. The summed E-state index contributed by atoms with van der Waals surface area (Å²) >= 11 is 9.40. The van der Waals surface area contributed by atoms with Crippen molar-refractivity contribution in [1.29, 1.82) is 0 Å². The zero-order valence-corrected chi connectivity index (χ0v) is 21.1. The van der Waals surface area contributed by atoms with Crippen molar-refractivity contribution >= 4 is 57.1 Å². The van der Waals surface area contributed by atoms with Crippen molar-refractivity contribution in [3.05, 3.63) is 92.4 Å². The van der Waals surface area contributed by atoms with Gasteiger partial charge in [0, 0.05) is 5.02 Å². The van der Waals surface area contributed by atoms with Crippen molar-refractivity contribution in [2.45, 2.75) is 13.5 Å². The number of rotatable bonds is 6. The second kappa shape index (κ2) is 10.3. The Morgan fingerprint density at radius 3 is 2.46 bits per heavy atom. The zero-order valence-electron chi connectivity index (χ0n) is 18.8. The minimum atomic E-state index is -0.835. The number of amides is 4. The standard InChI is InChI=1S/C26H20BrClN2O5/c1-15-5-3-4-6-17(15)14-35-23-21(27)12-16(13-22(23)34-2)11-20-24(31)29-26(33)30(25(20)32)19-9-7-18(28)8-10-19/h3-13H,14H2,1-2H3,(H,29,31,33). The molecule has 7 nitrogen and oxygen atoms in total. The molecule has 0 bridgehead atoms. The Morgan fingerprint density at radius 2 is 1.77 bits per heavy atom. The van der Waals surface area contributed by atoms with Crippen LogP contribution < -0.4 is 19.7 Å². The second-order valence-corrected chi connectivity index (χ2v) is 8.97. The predicted octanol–water partition coefficient (Wildman–Crippen LogP) is 5.66. The molecule has 0 radical (unpaired) electrons. The van der Waals surface area contributed by atoms with Crippen LogP contribution in [0.5, 0.6) is 11.5 Å². The first-order chi connectivity index (χ1) is 16.8. The second-order valence-electron chi connectivity index (χ2n) is 7.68. The monoisotopic (exact) mass is 554 g/mol. The summed E-state index contributed by atoms with van der Waals surface area (Å²) in [7, 11) is 1.50. The quantitative estimate of drug-likeness (QED) is 0.313. The summed E-state index contributed by atoms with van der Waals surface area (Å²) in [4.78, 5) is 38.9. The van der Waals surface area contributed by atoms with Gasteiger partial charge < -0.3 is 9.47 Å². The van der Waals surface area contributed by atoms with Crippen molar-refractivity contribution in [2.75, 3.05) is 12.0 Å². The van der Waals surface area contributed by atoms with Gasteiger partial charge in [-0.2, -0.15) is 0 Å². The van der Waals surface area contributed by atoms with E-state index < -0.39 is 17.8 Å². The molecular weight excluding hydrogens is 536 g/mol. The molecule has 1 heterocycles. The van der Waals surface area contributed by atoms with Gasteiger partial charge in [-0.3, -0.25) is 14.9 Å². The third-order valence-electron chi connectivity index (χ3n) is 5.38. The Bertz CT molecular complexity index is 1350. The highest BCUT2D eigenvalue weighted by Crippen LogP contribution is 2.38. The van der Waals surface area contributed by atoms with E-state index >= 15 is 0 Å². The van der Waals surface area contributed by atoms with Gasteiger partial charge in [0.15, 0.2) is 11.5 Å². The minimum absolute atomic E-state index is 0.206. The summed E-state index contributed by atoms with van der Waals surface area (Å²) in [5, 5.41) is 2.65. The molecule has 35 heavy (non-hydrogen) atoms. The maximum absolute atomic E-state index is 13.1. The Balaban J connectivity index is 1.64. The van der Waals surface area contributed by atoms with Crippen LogP contribution >= 0.6 is 27.5 Å². The lowest BCUT2D eigenvalue weighted by atomic mass is 10.1. The summed E-state index contributed by atoms with van der Waals surface area (Å²) in [5.41, 5.74) is 2.71. The van der Waals surface area contributed by atoms with E-state index in [1.807, 2.05) is 31.2 Å². The summed E-state index contributed by atoms with van der Waals surface area (Å²) in [6.45, 7) is 2.34. The number of nitrogens with one attached hydrogen (secondary N) is 1. The molecule has 4 amide bonds. The van der Waals surface area contributed by atoms with Gasteiger partial charge in [-0.05, 0) is 82.0 Å². The average Bonchev–Trinajstić information content (AvgIpc) is 2.83. The summed E-state index contributed by atoms with van der Waals surface area (Å²) < 4.78 is 12.1. The fourth-order valence-electron chi connectivity index (χ4n) is 3.53. The topological polar surface area (TPSA) is 84.9 Å². The number of nitrogens with zero attached hydrogens (tertiary/aromatic N) is 1. The predicted molar refractivity (Wildman–Crippen MR) is 137 cm³/mol. The minimum Gasteiger partial charge on any atom is -0.493 e. The largest absolute Gasteiger partial charge is 0.493 e. The number of carbonyl (C=O) groups excluding carboxylic acids is 3. The van der Waals surface area contributed by atoms with Crippen molar-refractivity contribution in [3.63, 3.8) is 0 Å². The van der Waals surface area contributed by atoms with Crippen LogP contribution in [-0.4, -0.2) is 25.0 Å².